The molecular formula is C20H17ClN4O5S. The Morgan fingerprint density at radius 1 is 1.10 bits per heavy atom. The summed E-state index contributed by atoms with van der Waals surface area (Å²) in [7, 11) is -2.51. The maximum absolute atomic E-state index is 12.6. The molecule has 0 fully saturated rings. The first-order valence-electron chi connectivity index (χ1n) is 8.78. The standard InChI is InChI=1S/C20H17ClN4O5S/c1-30-17-7-5-14(6-8-17)13-22-23-19-10-9-18(12-20(19)25(26)27)31(28,29)24-16-4-2-3-15(21)11-16/h2-13,23-24H,1H3. The lowest BCUT2D eigenvalue weighted by molar-refractivity contribution is -0.384. The van der Waals surface area contributed by atoms with Crippen LogP contribution in [0.3, 0.4) is 0 Å². The van der Waals surface area contributed by atoms with Crippen LogP contribution < -0.4 is 14.9 Å². The average Bonchev–Trinajstić information content (AvgIpc) is 2.74. The van der Waals surface area contributed by atoms with Crippen LogP contribution in [-0.4, -0.2) is 26.7 Å². The van der Waals surface area contributed by atoms with Gasteiger partial charge in [-0.2, -0.15) is 5.10 Å². The summed E-state index contributed by atoms with van der Waals surface area (Å²) in [5.41, 5.74) is 3.14. The van der Waals surface area contributed by atoms with Crippen LogP contribution in [0.25, 0.3) is 0 Å². The molecule has 2 N–H and O–H groups in total. The van der Waals surface area contributed by atoms with E-state index in [9.17, 15) is 18.5 Å². The van der Waals surface area contributed by atoms with Gasteiger partial charge in [0.1, 0.15) is 11.4 Å². The van der Waals surface area contributed by atoms with Gasteiger partial charge in [0.05, 0.1) is 28.8 Å². The van der Waals surface area contributed by atoms with Crippen LogP contribution in [0.4, 0.5) is 17.1 Å². The van der Waals surface area contributed by atoms with Crippen molar-refractivity contribution in [2.75, 3.05) is 17.3 Å². The Morgan fingerprint density at radius 2 is 1.84 bits per heavy atom. The molecule has 31 heavy (non-hydrogen) atoms. The van der Waals surface area contributed by atoms with Gasteiger partial charge in [0.15, 0.2) is 0 Å². The second-order valence-corrected chi connectivity index (χ2v) is 8.31. The maximum atomic E-state index is 12.6. The molecular weight excluding hydrogens is 444 g/mol. The Labute approximate surface area is 183 Å². The summed E-state index contributed by atoms with van der Waals surface area (Å²) in [6, 6.07) is 16.6. The first-order chi connectivity index (χ1) is 14.8. The van der Waals surface area contributed by atoms with Crippen LogP contribution in [0.2, 0.25) is 5.02 Å². The van der Waals surface area contributed by atoms with Gasteiger partial charge in [0, 0.05) is 11.1 Å². The number of nitrogens with zero attached hydrogens (tertiary/aromatic N) is 2. The first-order valence-corrected chi connectivity index (χ1v) is 10.6. The van der Waals surface area contributed by atoms with E-state index in [4.69, 9.17) is 16.3 Å². The highest BCUT2D eigenvalue weighted by molar-refractivity contribution is 7.92. The number of nitrogens with one attached hydrogen (secondary N) is 2. The Hall–Kier alpha value is -3.63. The largest absolute Gasteiger partial charge is 0.497 e. The van der Waals surface area contributed by atoms with Gasteiger partial charge in [0.25, 0.3) is 15.7 Å². The van der Waals surface area contributed by atoms with Gasteiger partial charge >= 0.3 is 0 Å². The molecule has 0 unspecified atom stereocenters. The molecule has 11 heteroatoms. The van der Waals surface area contributed by atoms with Crippen molar-refractivity contribution in [3.8, 4) is 5.75 Å². The first kappa shape index (κ1) is 22.1. The summed E-state index contributed by atoms with van der Waals surface area (Å²) >= 11 is 5.86. The fraction of sp³-hybridized carbons (Fsp3) is 0.0500. The molecule has 0 aliphatic carbocycles. The van der Waals surface area contributed by atoms with Gasteiger partial charge in [-0.15, -0.1) is 0 Å². The molecule has 0 amide bonds. The molecule has 0 bridgehead atoms. The molecule has 0 spiro atoms. The number of ether oxygens (including phenoxy) is 1. The van der Waals surface area contributed by atoms with Gasteiger partial charge in [-0.3, -0.25) is 20.3 Å². The third-order valence-corrected chi connectivity index (χ3v) is 5.68. The van der Waals surface area contributed by atoms with E-state index in [0.29, 0.717) is 10.8 Å². The number of anilines is 2. The van der Waals surface area contributed by atoms with Crippen LogP contribution >= 0.6 is 11.6 Å². The summed E-state index contributed by atoms with van der Waals surface area (Å²) < 4.78 is 32.6. The lowest BCUT2D eigenvalue weighted by Gasteiger charge is -2.09. The Morgan fingerprint density at radius 3 is 2.48 bits per heavy atom. The molecule has 0 radical (unpaired) electrons. The third kappa shape index (κ3) is 5.71. The topological polar surface area (TPSA) is 123 Å². The summed E-state index contributed by atoms with van der Waals surface area (Å²) in [6.45, 7) is 0. The predicted octanol–water partition coefficient (Wildman–Crippen LogP) is 4.50. The lowest BCUT2D eigenvalue weighted by atomic mass is 10.2. The minimum Gasteiger partial charge on any atom is -0.497 e. The number of halogens is 1. The molecule has 0 heterocycles. The number of benzene rings is 3. The molecule has 3 aromatic rings. The normalized spacial score (nSPS) is 11.3. The molecule has 0 aliphatic rings. The van der Waals surface area contributed by atoms with E-state index in [-0.39, 0.29) is 16.3 Å². The average molecular weight is 461 g/mol. The molecule has 160 valence electrons. The van der Waals surface area contributed by atoms with Crippen molar-refractivity contribution >= 4 is 44.9 Å². The Bertz CT molecular complexity index is 1230. The minimum atomic E-state index is -4.06. The summed E-state index contributed by atoms with van der Waals surface area (Å²) in [4.78, 5) is 10.5. The molecule has 3 rings (SSSR count). The SMILES string of the molecule is COc1ccc(C=NNc2ccc(S(=O)(=O)Nc3cccc(Cl)c3)cc2[N+](=O)[O-])cc1. The zero-order valence-corrected chi connectivity index (χ0v) is 17.7. The summed E-state index contributed by atoms with van der Waals surface area (Å²) in [5.74, 6) is 0.684. The molecule has 0 atom stereocenters. The van der Waals surface area contributed by atoms with Crippen LogP contribution in [0.1, 0.15) is 5.56 Å². The van der Waals surface area contributed by atoms with Gasteiger partial charge in [-0.05, 0) is 60.2 Å². The minimum absolute atomic E-state index is 0.0384. The Balaban J connectivity index is 1.81. The predicted molar refractivity (Wildman–Crippen MR) is 120 cm³/mol. The number of methoxy groups -OCH3 is 1. The number of hydrazone groups is 1. The maximum Gasteiger partial charge on any atom is 0.295 e. The van der Waals surface area contributed by atoms with Gasteiger partial charge in [-0.1, -0.05) is 17.7 Å². The zero-order chi connectivity index (χ0) is 22.4. The Kier molecular flexibility index (Phi) is 6.73. The summed E-state index contributed by atoms with van der Waals surface area (Å²) in [5, 5.41) is 15.8. The second kappa shape index (κ2) is 9.45. The summed E-state index contributed by atoms with van der Waals surface area (Å²) in [6.07, 6.45) is 1.47. The van der Waals surface area contributed by atoms with Gasteiger partial charge in [-0.25, -0.2) is 8.42 Å². The highest BCUT2D eigenvalue weighted by Crippen LogP contribution is 2.29. The number of sulfonamides is 1. The van der Waals surface area contributed by atoms with E-state index in [1.807, 2.05) is 0 Å². The highest BCUT2D eigenvalue weighted by atomic mass is 35.5. The van der Waals surface area contributed by atoms with E-state index >= 15 is 0 Å². The molecule has 9 nitrogen and oxygen atoms in total. The van der Waals surface area contributed by atoms with Crippen LogP contribution in [0.15, 0.2) is 76.7 Å². The van der Waals surface area contributed by atoms with Crippen molar-refractivity contribution in [3.05, 3.63) is 87.4 Å². The quantitative estimate of drug-likeness (QED) is 0.290. The van der Waals surface area contributed by atoms with Crippen LogP contribution in [-0.2, 0) is 10.0 Å². The van der Waals surface area contributed by atoms with E-state index in [1.54, 1.807) is 43.5 Å². The molecule has 0 aliphatic heterocycles. The lowest BCUT2D eigenvalue weighted by Crippen LogP contribution is -2.13. The van der Waals surface area contributed by atoms with E-state index in [1.165, 1.54) is 30.5 Å². The number of hydrogen-bond donors (Lipinski definition) is 2. The fourth-order valence-electron chi connectivity index (χ4n) is 2.56. The second-order valence-electron chi connectivity index (χ2n) is 6.20. The van der Waals surface area contributed by atoms with Crippen molar-refractivity contribution in [2.45, 2.75) is 4.90 Å². The van der Waals surface area contributed by atoms with E-state index in [2.05, 4.69) is 15.2 Å². The smallest absolute Gasteiger partial charge is 0.295 e. The number of rotatable bonds is 8. The van der Waals surface area contributed by atoms with E-state index < -0.39 is 20.6 Å². The molecule has 0 aromatic heterocycles. The van der Waals surface area contributed by atoms with Crippen molar-refractivity contribution in [2.24, 2.45) is 5.10 Å². The molecule has 3 aromatic carbocycles. The van der Waals surface area contributed by atoms with Crippen LogP contribution in [0.5, 0.6) is 5.75 Å². The number of nitro groups is 1. The number of nitro benzene ring substituents is 1. The molecule has 0 saturated heterocycles. The van der Waals surface area contributed by atoms with Crippen molar-refractivity contribution < 1.29 is 18.1 Å². The monoisotopic (exact) mass is 460 g/mol. The molecule has 0 saturated carbocycles. The van der Waals surface area contributed by atoms with Gasteiger partial charge in [0.2, 0.25) is 0 Å². The van der Waals surface area contributed by atoms with Crippen molar-refractivity contribution in [1.29, 1.82) is 0 Å². The van der Waals surface area contributed by atoms with Gasteiger partial charge < -0.3 is 4.74 Å². The van der Waals surface area contributed by atoms with Crippen LogP contribution in [0, 0.1) is 10.1 Å². The van der Waals surface area contributed by atoms with Crippen molar-refractivity contribution in [3.63, 3.8) is 0 Å². The van der Waals surface area contributed by atoms with E-state index in [0.717, 1.165) is 11.6 Å². The number of hydrogen-bond acceptors (Lipinski definition) is 7. The fourth-order valence-corrected chi connectivity index (χ4v) is 3.82. The third-order valence-electron chi connectivity index (χ3n) is 4.07. The van der Waals surface area contributed by atoms with Crippen molar-refractivity contribution in [1.82, 2.24) is 0 Å². The highest BCUT2D eigenvalue weighted by Gasteiger charge is 2.21. The zero-order valence-electron chi connectivity index (χ0n) is 16.2.